The third-order valence-corrected chi connectivity index (χ3v) is 6.29. The van der Waals surface area contributed by atoms with Crippen LogP contribution in [0, 0.1) is 11.7 Å². The van der Waals surface area contributed by atoms with Crippen LogP contribution in [0.25, 0.3) is 10.9 Å². The maximum absolute atomic E-state index is 13.1. The number of aliphatic hydroxyl groups is 1. The maximum Gasteiger partial charge on any atom is 0.230 e. The highest BCUT2D eigenvalue weighted by Crippen LogP contribution is 2.43. The number of rotatable bonds is 4. The van der Waals surface area contributed by atoms with Gasteiger partial charge in [0.1, 0.15) is 5.82 Å². The average Bonchev–Trinajstić information content (AvgIpc) is 2.75. The summed E-state index contributed by atoms with van der Waals surface area (Å²) in [5, 5.41) is 15.1. The van der Waals surface area contributed by atoms with E-state index in [9.17, 15) is 14.3 Å². The van der Waals surface area contributed by atoms with Crippen LogP contribution in [0.5, 0.6) is 0 Å². The van der Waals surface area contributed by atoms with E-state index in [0.717, 1.165) is 23.7 Å². The standard InChI is InChI=1S/C24H25FN2O2/c1-16(23(28)27-19-8-6-18(25)7-9-19)24(29)13-10-17(11-14-24)20-12-15-26-22-5-3-2-4-21(20)22/h2-9,12,15-17,29H,10-11,13-14H2,1H3,(H,27,28)/t16-,17?,24?/m1/s1. The molecule has 5 heteroatoms. The number of hydrogen-bond acceptors (Lipinski definition) is 3. The molecule has 1 aromatic heterocycles. The average molecular weight is 392 g/mol. The minimum atomic E-state index is -1.04. The second-order valence-corrected chi connectivity index (χ2v) is 8.01. The topological polar surface area (TPSA) is 62.2 Å². The van der Waals surface area contributed by atoms with E-state index >= 15 is 0 Å². The number of nitrogens with one attached hydrogen (secondary N) is 1. The fourth-order valence-corrected chi connectivity index (χ4v) is 4.36. The van der Waals surface area contributed by atoms with Gasteiger partial charge >= 0.3 is 0 Å². The van der Waals surface area contributed by atoms with E-state index in [2.05, 4.69) is 22.4 Å². The number of benzene rings is 2. The number of pyridine rings is 1. The summed E-state index contributed by atoms with van der Waals surface area (Å²) < 4.78 is 13.1. The van der Waals surface area contributed by atoms with Crippen molar-refractivity contribution in [2.45, 2.75) is 44.1 Å². The number of halogens is 1. The molecule has 29 heavy (non-hydrogen) atoms. The zero-order valence-corrected chi connectivity index (χ0v) is 16.4. The Kier molecular flexibility index (Phi) is 5.33. The van der Waals surface area contributed by atoms with Gasteiger partial charge in [-0.3, -0.25) is 9.78 Å². The molecule has 1 aliphatic carbocycles. The SMILES string of the molecule is C[C@H](C(=O)Nc1ccc(F)cc1)C1(O)CCC(c2ccnc3ccccc23)CC1. The van der Waals surface area contributed by atoms with Crippen LogP contribution in [-0.2, 0) is 4.79 Å². The second kappa shape index (κ2) is 7.91. The van der Waals surface area contributed by atoms with Crippen molar-refractivity contribution >= 4 is 22.5 Å². The minimum Gasteiger partial charge on any atom is -0.389 e. The van der Waals surface area contributed by atoms with Crippen LogP contribution in [0.2, 0.25) is 0 Å². The zero-order chi connectivity index (χ0) is 20.4. The first-order valence-corrected chi connectivity index (χ1v) is 10.1. The van der Waals surface area contributed by atoms with Gasteiger partial charge in [0.2, 0.25) is 5.91 Å². The van der Waals surface area contributed by atoms with Crippen molar-refractivity contribution in [2.24, 2.45) is 5.92 Å². The molecule has 4 nitrogen and oxygen atoms in total. The van der Waals surface area contributed by atoms with Crippen LogP contribution in [0.4, 0.5) is 10.1 Å². The summed E-state index contributed by atoms with van der Waals surface area (Å²) in [5.74, 6) is -0.804. The molecule has 0 unspecified atom stereocenters. The van der Waals surface area contributed by atoms with E-state index in [4.69, 9.17) is 0 Å². The summed E-state index contributed by atoms with van der Waals surface area (Å²) in [4.78, 5) is 17.1. The van der Waals surface area contributed by atoms with Crippen LogP contribution in [0.15, 0.2) is 60.8 Å². The molecular formula is C24H25FN2O2. The lowest BCUT2D eigenvalue weighted by Crippen LogP contribution is -2.45. The number of amides is 1. The lowest BCUT2D eigenvalue weighted by Gasteiger charge is -2.40. The van der Waals surface area contributed by atoms with Gasteiger partial charge in [0.25, 0.3) is 0 Å². The molecule has 150 valence electrons. The number of hydrogen-bond donors (Lipinski definition) is 2. The lowest BCUT2D eigenvalue weighted by molar-refractivity contribution is -0.131. The normalized spacial score (nSPS) is 22.9. The van der Waals surface area contributed by atoms with Crippen LogP contribution in [-0.4, -0.2) is 21.6 Å². The molecule has 3 aromatic rings. The van der Waals surface area contributed by atoms with Gasteiger partial charge in [0.05, 0.1) is 17.0 Å². The van der Waals surface area contributed by atoms with Crippen molar-refractivity contribution in [3.8, 4) is 0 Å². The fraction of sp³-hybridized carbons (Fsp3) is 0.333. The number of nitrogens with zero attached hydrogens (tertiary/aromatic N) is 1. The van der Waals surface area contributed by atoms with Gasteiger partial charge in [-0.2, -0.15) is 0 Å². The van der Waals surface area contributed by atoms with Crippen molar-refractivity contribution < 1.29 is 14.3 Å². The van der Waals surface area contributed by atoms with E-state index in [1.165, 1.54) is 29.8 Å². The molecule has 2 N–H and O–H groups in total. The molecule has 0 bridgehead atoms. The molecule has 1 atom stereocenters. The second-order valence-electron chi connectivity index (χ2n) is 8.01. The highest BCUT2D eigenvalue weighted by atomic mass is 19.1. The van der Waals surface area contributed by atoms with E-state index in [1.807, 2.05) is 24.4 Å². The monoisotopic (exact) mass is 392 g/mol. The smallest absolute Gasteiger partial charge is 0.230 e. The van der Waals surface area contributed by atoms with Crippen molar-refractivity contribution in [1.82, 2.24) is 4.98 Å². The van der Waals surface area contributed by atoms with Gasteiger partial charge in [-0.05, 0) is 73.6 Å². The maximum atomic E-state index is 13.1. The molecule has 0 spiro atoms. The predicted octanol–water partition coefficient (Wildman–Crippen LogP) is 5.04. The molecule has 1 fully saturated rings. The van der Waals surface area contributed by atoms with Gasteiger partial charge in [-0.15, -0.1) is 0 Å². The zero-order valence-electron chi connectivity index (χ0n) is 16.4. The molecule has 1 aliphatic rings. The molecule has 2 aromatic carbocycles. The van der Waals surface area contributed by atoms with Gasteiger partial charge < -0.3 is 10.4 Å². The molecule has 1 saturated carbocycles. The van der Waals surface area contributed by atoms with Crippen LogP contribution < -0.4 is 5.32 Å². The quantitative estimate of drug-likeness (QED) is 0.654. The summed E-state index contributed by atoms with van der Waals surface area (Å²) >= 11 is 0. The molecular weight excluding hydrogens is 367 g/mol. The Morgan fingerprint density at radius 2 is 1.83 bits per heavy atom. The van der Waals surface area contributed by atoms with Gasteiger partial charge in [-0.25, -0.2) is 4.39 Å². The van der Waals surface area contributed by atoms with Crippen molar-refractivity contribution in [3.05, 3.63) is 72.2 Å². The van der Waals surface area contributed by atoms with E-state index in [-0.39, 0.29) is 11.7 Å². The van der Waals surface area contributed by atoms with E-state index in [0.29, 0.717) is 24.4 Å². The number of para-hydroxylation sites is 1. The Morgan fingerprint density at radius 3 is 2.55 bits per heavy atom. The Morgan fingerprint density at radius 1 is 1.14 bits per heavy atom. The number of anilines is 1. The van der Waals surface area contributed by atoms with Crippen molar-refractivity contribution in [1.29, 1.82) is 0 Å². The third-order valence-electron chi connectivity index (χ3n) is 6.29. The number of carbonyl (C=O) groups is 1. The Hall–Kier alpha value is -2.79. The summed E-state index contributed by atoms with van der Waals surface area (Å²) in [5.41, 5.74) is 1.74. The Bertz CT molecular complexity index is 1010. The van der Waals surface area contributed by atoms with Crippen LogP contribution in [0.3, 0.4) is 0 Å². The first-order valence-electron chi connectivity index (χ1n) is 10.1. The molecule has 4 rings (SSSR count). The summed E-state index contributed by atoms with van der Waals surface area (Å²) in [6.45, 7) is 1.76. The first-order chi connectivity index (χ1) is 14.0. The number of aromatic nitrogens is 1. The van der Waals surface area contributed by atoms with E-state index < -0.39 is 11.5 Å². The largest absolute Gasteiger partial charge is 0.389 e. The highest BCUT2D eigenvalue weighted by Gasteiger charge is 2.41. The number of carbonyl (C=O) groups excluding carboxylic acids is 1. The van der Waals surface area contributed by atoms with Crippen molar-refractivity contribution in [3.63, 3.8) is 0 Å². The predicted molar refractivity (Wildman–Crippen MR) is 112 cm³/mol. The minimum absolute atomic E-state index is 0.244. The van der Waals surface area contributed by atoms with Gasteiger partial charge in [0.15, 0.2) is 0 Å². The summed E-state index contributed by atoms with van der Waals surface area (Å²) in [6, 6.07) is 15.8. The van der Waals surface area contributed by atoms with Gasteiger partial charge in [-0.1, -0.05) is 25.1 Å². The van der Waals surface area contributed by atoms with E-state index in [1.54, 1.807) is 6.92 Å². The van der Waals surface area contributed by atoms with Gasteiger partial charge in [0, 0.05) is 17.3 Å². The molecule has 0 saturated heterocycles. The fourth-order valence-electron chi connectivity index (χ4n) is 4.36. The third kappa shape index (κ3) is 4.01. The first kappa shape index (κ1) is 19.5. The number of fused-ring (bicyclic) bond motifs is 1. The lowest BCUT2D eigenvalue weighted by atomic mass is 9.70. The summed E-state index contributed by atoms with van der Waals surface area (Å²) in [7, 11) is 0. The Labute approximate surface area is 169 Å². The van der Waals surface area contributed by atoms with Crippen molar-refractivity contribution in [2.75, 3.05) is 5.32 Å². The molecule has 1 heterocycles. The van der Waals surface area contributed by atoms with Crippen LogP contribution in [0.1, 0.15) is 44.1 Å². The molecule has 1 amide bonds. The Balaban J connectivity index is 1.44. The molecule has 0 aliphatic heterocycles. The highest BCUT2D eigenvalue weighted by molar-refractivity contribution is 5.93. The van der Waals surface area contributed by atoms with Crippen LogP contribution >= 0.6 is 0 Å². The molecule has 0 radical (unpaired) electrons. The summed E-state index contributed by atoms with van der Waals surface area (Å²) in [6.07, 6.45) is 4.60.